The largest absolute Gasteiger partial charge is 0.171 e. The van der Waals surface area contributed by atoms with Gasteiger partial charge in [0.2, 0.25) is 0 Å². The second kappa shape index (κ2) is 5.04. The topological polar surface area (TPSA) is 0 Å². The van der Waals surface area contributed by atoms with Gasteiger partial charge in [-0.3, -0.25) is 0 Å². The molecule has 0 saturated carbocycles. The first-order chi connectivity index (χ1) is 6.83. The van der Waals surface area contributed by atoms with Crippen LogP contribution in [0.3, 0.4) is 0 Å². The molecule has 1 heteroatoms. The van der Waals surface area contributed by atoms with Gasteiger partial charge in [0.1, 0.15) is 19.1 Å². The lowest BCUT2D eigenvalue weighted by atomic mass is 10.4. The monoisotopic (exact) mass is 182 g/mol. The second-order valence-electron chi connectivity index (χ2n) is 3.11. The minimum atomic E-state index is 0.453. The zero-order chi connectivity index (χ0) is 10.3. The SMILES string of the molecule is C#C[N+]1(C#CC#CC#CC)CCCC1. The summed E-state index contributed by atoms with van der Waals surface area (Å²) in [6.45, 7) is 3.65. The Hall–Kier alpha value is -1.80. The summed E-state index contributed by atoms with van der Waals surface area (Å²) in [6, 6.07) is 5.74. The van der Waals surface area contributed by atoms with Crippen molar-refractivity contribution in [1.82, 2.24) is 0 Å². The molecule has 1 aliphatic heterocycles. The van der Waals surface area contributed by atoms with Gasteiger partial charge in [-0.25, -0.2) is 0 Å². The second-order valence-corrected chi connectivity index (χ2v) is 3.11. The van der Waals surface area contributed by atoms with Crippen molar-refractivity contribution in [3.63, 3.8) is 0 Å². The molecule has 0 bridgehead atoms. The minimum absolute atomic E-state index is 0.453. The number of hydrogen-bond acceptors (Lipinski definition) is 0. The van der Waals surface area contributed by atoms with Gasteiger partial charge in [0.25, 0.3) is 0 Å². The smallest absolute Gasteiger partial charge is 0.166 e. The number of rotatable bonds is 0. The van der Waals surface area contributed by atoms with Gasteiger partial charge in [0.15, 0.2) is 6.04 Å². The van der Waals surface area contributed by atoms with Crippen LogP contribution >= 0.6 is 0 Å². The van der Waals surface area contributed by atoms with Crippen LogP contribution in [-0.4, -0.2) is 17.6 Å². The van der Waals surface area contributed by atoms with Crippen LogP contribution in [0, 0.1) is 48.1 Å². The zero-order valence-corrected chi connectivity index (χ0v) is 8.35. The van der Waals surface area contributed by atoms with Crippen molar-refractivity contribution in [2.45, 2.75) is 19.8 Å². The van der Waals surface area contributed by atoms with E-state index < -0.39 is 0 Å². The van der Waals surface area contributed by atoms with Crippen LogP contribution < -0.4 is 0 Å². The lowest BCUT2D eigenvalue weighted by Crippen LogP contribution is -2.34. The molecule has 1 nitrogen and oxygen atoms in total. The van der Waals surface area contributed by atoms with E-state index in [9.17, 15) is 0 Å². The molecule has 1 heterocycles. The molecule has 0 amide bonds. The quantitative estimate of drug-likeness (QED) is 0.390. The first-order valence-corrected chi connectivity index (χ1v) is 4.62. The molecule has 0 aliphatic carbocycles. The van der Waals surface area contributed by atoms with Crippen LogP contribution in [-0.2, 0) is 0 Å². The van der Waals surface area contributed by atoms with Gasteiger partial charge in [-0.15, -0.1) is 0 Å². The fourth-order valence-corrected chi connectivity index (χ4v) is 1.41. The molecule has 14 heavy (non-hydrogen) atoms. The zero-order valence-electron chi connectivity index (χ0n) is 8.35. The van der Waals surface area contributed by atoms with Gasteiger partial charge in [-0.2, -0.15) is 4.48 Å². The summed E-state index contributed by atoms with van der Waals surface area (Å²) in [4.78, 5) is 0. The summed E-state index contributed by atoms with van der Waals surface area (Å²) in [5.74, 6) is 13.4. The lowest BCUT2D eigenvalue weighted by molar-refractivity contribution is -0.780. The molecule has 1 saturated heterocycles. The van der Waals surface area contributed by atoms with E-state index in [0.717, 1.165) is 25.9 Å². The highest BCUT2D eigenvalue weighted by Gasteiger charge is 2.29. The Morgan fingerprint density at radius 1 is 1.00 bits per heavy atom. The van der Waals surface area contributed by atoms with E-state index in [1.165, 1.54) is 0 Å². The molecule has 0 unspecified atom stereocenters. The maximum atomic E-state index is 5.45. The normalized spacial score (nSPS) is 16.0. The molecule has 0 aromatic rings. The molecule has 68 valence electrons. The molecule has 1 fully saturated rings. The average molecular weight is 182 g/mol. The highest BCUT2D eigenvalue weighted by molar-refractivity contribution is 5.34. The van der Waals surface area contributed by atoms with E-state index in [1.54, 1.807) is 6.92 Å². The number of quaternary nitrogens is 1. The molecule has 0 atom stereocenters. The summed E-state index contributed by atoms with van der Waals surface area (Å²) in [7, 11) is 0. The van der Waals surface area contributed by atoms with E-state index in [0.29, 0.717) is 4.48 Å². The third kappa shape index (κ3) is 2.61. The maximum Gasteiger partial charge on any atom is 0.166 e. The van der Waals surface area contributed by atoms with Gasteiger partial charge >= 0.3 is 0 Å². The minimum Gasteiger partial charge on any atom is -0.171 e. The van der Waals surface area contributed by atoms with Crippen LogP contribution in [0.4, 0.5) is 0 Å². The van der Waals surface area contributed by atoms with Crippen LogP contribution in [0.2, 0.25) is 0 Å². The van der Waals surface area contributed by atoms with Crippen LogP contribution in [0.5, 0.6) is 0 Å². The predicted molar refractivity (Wildman–Crippen MR) is 57.1 cm³/mol. The first-order valence-electron chi connectivity index (χ1n) is 4.62. The van der Waals surface area contributed by atoms with Gasteiger partial charge in [0.05, 0.1) is 5.92 Å². The van der Waals surface area contributed by atoms with Crippen molar-refractivity contribution in [1.29, 1.82) is 0 Å². The van der Waals surface area contributed by atoms with E-state index in [4.69, 9.17) is 6.42 Å². The van der Waals surface area contributed by atoms with Gasteiger partial charge in [-0.1, -0.05) is 12.3 Å². The molecule has 0 aromatic heterocycles. The van der Waals surface area contributed by atoms with Gasteiger partial charge < -0.3 is 0 Å². The van der Waals surface area contributed by atoms with E-state index in [-0.39, 0.29) is 0 Å². The Balaban J connectivity index is 2.70. The summed E-state index contributed by atoms with van der Waals surface area (Å²) in [5.41, 5.74) is 0. The van der Waals surface area contributed by atoms with E-state index in [2.05, 4.69) is 41.7 Å². The maximum absolute atomic E-state index is 5.45. The van der Waals surface area contributed by atoms with Crippen molar-refractivity contribution in [2.24, 2.45) is 0 Å². The van der Waals surface area contributed by atoms with Crippen molar-refractivity contribution in [3.05, 3.63) is 0 Å². The molecule has 1 aliphatic rings. The van der Waals surface area contributed by atoms with Gasteiger partial charge in [-0.05, 0) is 18.8 Å². The lowest BCUT2D eigenvalue weighted by Gasteiger charge is -2.15. The summed E-state index contributed by atoms with van der Waals surface area (Å²) >= 11 is 0. The molecule has 0 spiro atoms. The molecular weight excluding hydrogens is 170 g/mol. The molecular formula is C13H12N+. The van der Waals surface area contributed by atoms with Crippen molar-refractivity contribution in [2.75, 3.05) is 13.1 Å². The highest BCUT2D eigenvalue weighted by atomic mass is 15.3. The Kier molecular flexibility index (Phi) is 3.70. The Bertz CT molecular complexity index is 412. The van der Waals surface area contributed by atoms with Crippen LogP contribution in [0.25, 0.3) is 0 Å². The average Bonchev–Trinajstić information content (AvgIpc) is 2.67. The van der Waals surface area contributed by atoms with Crippen LogP contribution in [0.15, 0.2) is 0 Å². The van der Waals surface area contributed by atoms with Crippen molar-refractivity contribution < 1.29 is 4.48 Å². The highest BCUT2D eigenvalue weighted by Crippen LogP contribution is 2.15. The van der Waals surface area contributed by atoms with E-state index in [1.807, 2.05) is 0 Å². The van der Waals surface area contributed by atoms with Crippen molar-refractivity contribution in [3.8, 4) is 48.1 Å². The van der Waals surface area contributed by atoms with Crippen LogP contribution in [0.1, 0.15) is 19.8 Å². The van der Waals surface area contributed by atoms with Gasteiger partial charge in [0, 0.05) is 18.8 Å². The summed E-state index contributed by atoms with van der Waals surface area (Å²) in [5, 5.41) is 0. The Labute approximate surface area is 86.1 Å². The molecule has 1 rings (SSSR count). The molecule has 0 aromatic carbocycles. The first kappa shape index (κ1) is 10.3. The predicted octanol–water partition coefficient (Wildman–Crippen LogP) is 1.18. The standard InChI is InChI=1S/C13H12N/c1-3-5-6-7-8-11-14(4-2)12-9-10-13-14/h2H,9-10,12-13H2,1H3/q+1. The third-order valence-corrected chi connectivity index (χ3v) is 2.16. The number of hydrogen-bond donors (Lipinski definition) is 0. The van der Waals surface area contributed by atoms with Crippen molar-refractivity contribution >= 4 is 0 Å². The summed E-state index contributed by atoms with van der Waals surface area (Å²) in [6.07, 6.45) is 7.76. The van der Waals surface area contributed by atoms with E-state index >= 15 is 0 Å². The molecule has 0 N–H and O–H groups in total. The fraction of sp³-hybridized carbons (Fsp3) is 0.385. The number of likely N-dealkylation sites (tertiary alicyclic amines) is 1. The Morgan fingerprint density at radius 3 is 2.21 bits per heavy atom. The fourth-order valence-electron chi connectivity index (χ4n) is 1.41. The number of terminal acetylenes is 1. The summed E-state index contributed by atoms with van der Waals surface area (Å²) < 4.78 is 0.453. The Morgan fingerprint density at radius 2 is 1.64 bits per heavy atom. The third-order valence-electron chi connectivity index (χ3n) is 2.16. The number of nitrogens with zero attached hydrogens (tertiary/aromatic N) is 1. The molecule has 0 radical (unpaired) electrons.